The number of nitrogens with zero attached hydrogens (tertiary/aromatic N) is 2. The van der Waals surface area contributed by atoms with Crippen LogP contribution in [0.4, 0.5) is 17.1 Å². The highest BCUT2D eigenvalue weighted by Gasteiger charge is 2.15. The van der Waals surface area contributed by atoms with Gasteiger partial charge in [-0.2, -0.15) is 0 Å². The van der Waals surface area contributed by atoms with E-state index in [0.29, 0.717) is 0 Å². The maximum absolute atomic E-state index is 2.35. The monoisotopic (exact) mass is 526 g/mol. The maximum atomic E-state index is 2.35. The molecule has 0 bridgehead atoms. The molecular formula is C39H30N2. The molecule has 0 radical (unpaired) electrons. The number of rotatable bonds is 6. The van der Waals surface area contributed by atoms with E-state index in [-0.39, 0.29) is 0 Å². The smallest absolute Gasteiger partial charge is 0.0540 e. The van der Waals surface area contributed by atoms with Crippen molar-refractivity contribution in [2.45, 2.75) is 6.92 Å². The van der Waals surface area contributed by atoms with Gasteiger partial charge >= 0.3 is 0 Å². The van der Waals surface area contributed by atoms with Crippen LogP contribution in [-0.2, 0) is 0 Å². The molecule has 1 heterocycles. The van der Waals surface area contributed by atoms with Crippen LogP contribution in [0.2, 0.25) is 0 Å². The number of para-hydroxylation sites is 1. The molecule has 6 aromatic carbocycles. The summed E-state index contributed by atoms with van der Waals surface area (Å²) in [6.45, 7) is 2.05. The first-order valence-electron chi connectivity index (χ1n) is 14.1. The molecule has 0 saturated carbocycles. The molecule has 0 unspecified atom stereocenters. The highest BCUT2D eigenvalue weighted by molar-refractivity contribution is 5.99. The van der Waals surface area contributed by atoms with Crippen molar-refractivity contribution in [3.8, 4) is 16.8 Å². The van der Waals surface area contributed by atoms with Crippen molar-refractivity contribution in [3.05, 3.63) is 163 Å². The van der Waals surface area contributed by atoms with Crippen LogP contribution >= 0.6 is 0 Å². The molecule has 196 valence electrons. The Balaban J connectivity index is 1.25. The van der Waals surface area contributed by atoms with Gasteiger partial charge in [0.1, 0.15) is 0 Å². The van der Waals surface area contributed by atoms with Crippen LogP contribution in [0, 0.1) is 0 Å². The SMILES string of the molecule is C/C=C/c1ccc(N(c2ccc(-c3ccc(-n4ccc5ccccc54)cc3)cc2)c2cccc3ccccc23)cc1. The highest BCUT2D eigenvalue weighted by atomic mass is 15.1. The minimum absolute atomic E-state index is 1.12. The Labute approximate surface area is 241 Å². The second-order valence-electron chi connectivity index (χ2n) is 10.3. The van der Waals surface area contributed by atoms with E-state index in [9.17, 15) is 0 Å². The van der Waals surface area contributed by atoms with Gasteiger partial charge in [0.15, 0.2) is 0 Å². The molecule has 0 amide bonds. The lowest BCUT2D eigenvalue weighted by Gasteiger charge is -2.27. The van der Waals surface area contributed by atoms with E-state index < -0.39 is 0 Å². The standard InChI is InChI=1S/C39H30N2/c1-2-8-29-15-21-35(22-16-29)41(39-14-7-11-32-9-3-5-12-37(32)39)36-25-19-31(20-26-36)30-17-23-34(24-18-30)40-28-27-33-10-4-6-13-38(33)40/h2-28H,1H3/b8-2+. The summed E-state index contributed by atoms with van der Waals surface area (Å²) in [5.41, 5.74) is 9.39. The molecule has 0 aliphatic carbocycles. The Bertz CT molecular complexity index is 1970. The van der Waals surface area contributed by atoms with Crippen molar-refractivity contribution in [2.75, 3.05) is 4.90 Å². The van der Waals surface area contributed by atoms with Crippen LogP contribution in [0.5, 0.6) is 0 Å². The van der Waals surface area contributed by atoms with Crippen molar-refractivity contribution in [1.29, 1.82) is 0 Å². The molecule has 0 aliphatic heterocycles. The summed E-state index contributed by atoms with van der Waals surface area (Å²) in [6, 6.07) is 52.3. The van der Waals surface area contributed by atoms with Crippen LogP contribution in [-0.4, -0.2) is 4.57 Å². The molecule has 0 atom stereocenters. The predicted molar refractivity (Wildman–Crippen MR) is 176 cm³/mol. The van der Waals surface area contributed by atoms with E-state index in [1.165, 1.54) is 38.4 Å². The fourth-order valence-corrected chi connectivity index (χ4v) is 5.68. The molecule has 0 saturated heterocycles. The highest BCUT2D eigenvalue weighted by Crippen LogP contribution is 2.39. The topological polar surface area (TPSA) is 8.17 Å². The molecule has 0 fully saturated rings. The fourth-order valence-electron chi connectivity index (χ4n) is 5.68. The van der Waals surface area contributed by atoms with Crippen molar-refractivity contribution >= 4 is 44.8 Å². The largest absolute Gasteiger partial charge is 0.317 e. The van der Waals surface area contributed by atoms with E-state index in [2.05, 4.69) is 173 Å². The molecule has 7 aromatic rings. The predicted octanol–water partition coefficient (Wildman–Crippen LogP) is 11.0. The molecule has 2 heteroatoms. The molecule has 0 aliphatic rings. The lowest BCUT2D eigenvalue weighted by molar-refractivity contribution is 1.13. The molecule has 7 rings (SSSR count). The van der Waals surface area contributed by atoms with Gasteiger partial charge in [-0.3, -0.25) is 0 Å². The van der Waals surface area contributed by atoms with Gasteiger partial charge in [-0.15, -0.1) is 0 Å². The zero-order chi connectivity index (χ0) is 27.6. The van der Waals surface area contributed by atoms with Gasteiger partial charge in [-0.05, 0) is 89.0 Å². The number of benzene rings is 6. The summed E-state index contributed by atoms with van der Waals surface area (Å²) in [7, 11) is 0. The molecule has 0 spiro atoms. The first kappa shape index (κ1) is 24.7. The number of aromatic nitrogens is 1. The Morgan fingerprint density at radius 2 is 1.15 bits per heavy atom. The van der Waals surface area contributed by atoms with Crippen molar-refractivity contribution < 1.29 is 0 Å². The maximum Gasteiger partial charge on any atom is 0.0540 e. The quantitative estimate of drug-likeness (QED) is 0.209. The number of hydrogen-bond donors (Lipinski definition) is 0. The van der Waals surface area contributed by atoms with Gasteiger partial charge in [0, 0.05) is 28.6 Å². The zero-order valence-corrected chi connectivity index (χ0v) is 23.0. The lowest BCUT2D eigenvalue weighted by atomic mass is 10.0. The van der Waals surface area contributed by atoms with Crippen LogP contribution in [0.3, 0.4) is 0 Å². The first-order chi connectivity index (χ1) is 20.3. The van der Waals surface area contributed by atoms with Gasteiger partial charge in [-0.1, -0.05) is 103 Å². The van der Waals surface area contributed by atoms with Gasteiger partial charge in [0.25, 0.3) is 0 Å². The Kier molecular flexibility index (Phi) is 6.42. The Hall–Kier alpha value is -5.34. The van der Waals surface area contributed by atoms with Gasteiger partial charge in [0.2, 0.25) is 0 Å². The second kappa shape index (κ2) is 10.7. The molecular weight excluding hydrogens is 496 g/mol. The lowest BCUT2D eigenvalue weighted by Crippen LogP contribution is -2.10. The van der Waals surface area contributed by atoms with E-state index in [4.69, 9.17) is 0 Å². The number of anilines is 3. The molecule has 1 aromatic heterocycles. The van der Waals surface area contributed by atoms with Crippen molar-refractivity contribution in [2.24, 2.45) is 0 Å². The molecule has 0 N–H and O–H groups in total. The number of hydrogen-bond acceptors (Lipinski definition) is 1. The van der Waals surface area contributed by atoms with Crippen LogP contribution in [0.25, 0.3) is 44.6 Å². The van der Waals surface area contributed by atoms with Crippen LogP contribution in [0.15, 0.2) is 158 Å². The third-order valence-electron chi connectivity index (χ3n) is 7.72. The Morgan fingerprint density at radius 3 is 1.88 bits per heavy atom. The van der Waals surface area contributed by atoms with Crippen molar-refractivity contribution in [3.63, 3.8) is 0 Å². The van der Waals surface area contributed by atoms with Gasteiger partial charge < -0.3 is 9.47 Å². The third-order valence-corrected chi connectivity index (χ3v) is 7.72. The van der Waals surface area contributed by atoms with E-state index >= 15 is 0 Å². The zero-order valence-electron chi connectivity index (χ0n) is 23.0. The normalized spacial score (nSPS) is 11.4. The number of allylic oxidation sites excluding steroid dienone is 1. The minimum Gasteiger partial charge on any atom is -0.317 e. The summed E-state index contributed by atoms with van der Waals surface area (Å²) < 4.78 is 2.24. The average Bonchev–Trinajstić information content (AvgIpc) is 3.47. The minimum atomic E-state index is 1.12. The van der Waals surface area contributed by atoms with E-state index in [1.54, 1.807) is 0 Å². The van der Waals surface area contributed by atoms with Gasteiger partial charge in [0.05, 0.1) is 11.2 Å². The molecule has 2 nitrogen and oxygen atoms in total. The summed E-state index contributed by atoms with van der Waals surface area (Å²) in [5, 5.41) is 3.71. The third kappa shape index (κ3) is 4.70. The summed E-state index contributed by atoms with van der Waals surface area (Å²) in [5.74, 6) is 0. The fraction of sp³-hybridized carbons (Fsp3) is 0.0256. The second-order valence-corrected chi connectivity index (χ2v) is 10.3. The summed E-state index contributed by atoms with van der Waals surface area (Å²) >= 11 is 0. The van der Waals surface area contributed by atoms with Crippen molar-refractivity contribution in [1.82, 2.24) is 4.57 Å². The summed E-state index contributed by atoms with van der Waals surface area (Å²) in [4.78, 5) is 2.35. The van der Waals surface area contributed by atoms with E-state index in [1.807, 2.05) is 6.92 Å². The van der Waals surface area contributed by atoms with Crippen LogP contribution in [0.1, 0.15) is 12.5 Å². The Morgan fingerprint density at radius 1 is 0.537 bits per heavy atom. The van der Waals surface area contributed by atoms with Gasteiger partial charge in [-0.25, -0.2) is 0 Å². The molecule has 41 heavy (non-hydrogen) atoms. The van der Waals surface area contributed by atoms with Crippen LogP contribution < -0.4 is 4.90 Å². The summed E-state index contributed by atoms with van der Waals surface area (Å²) in [6.07, 6.45) is 6.34. The first-order valence-corrected chi connectivity index (χ1v) is 14.1. The average molecular weight is 527 g/mol. The number of fused-ring (bicyclic) bond motifs is 2. The van der Waals surface area contributed by atoms with E-state index in [0.717, 1.165) is 22.7 Å².